The highest BCUT2D eigenvalue weighted by Crippen LogP contribution is 2.11. The molecule has 0 spiro atoms. The standard InChI is InChI=1S/C13H18NO2/c1-13(2,3)16-12(15)14(4)10-11-8-6-5-7-9-11/h6-9H,10H2,1-4H3. The molecular formula is C13H18NO2. The number of carbonyl (C=O) groups is 1. The van der Waals surface area contributed by atoms with E-state index in [4.69, 9.17) is 4.74 Å². The van der Waals surface area contributed by atoms with Gasteiger partial charge in [-0.25, -0.2) is 4.79 Å². The van der Waals surface area contributed by atoms with Gasteiger partial charge < -0.3 is 9.64 Å². The number of hydrogen-bond acceptors (Lipinski definition) is 2. The van der Waals surface area contributed by atoms with Gasteiger partial charge in [-0.05, 0) is 32.4 Å². The van der Waals surface area contributed by atoms with E-state index < -0.39 is 5.60 Å². The van der Waals surface area contributed by atoms with Gasteiger partial charge in [0.15, 0.2) is 0 Å². The summed E-state index contributed by atoms with van der Waals surface area (Å²) in [5.41, 5.74) is 0.614. The van der Waals surface area contributed by atoms with E-state index in [1.807, 2.05) is 45.0 Å². The first-order chi connectivity index (χ1) is 7.38. The van der Waals surface area contributed by atoms with E-state index in [1.165, 1.54) is 0 Å². The van der Waals surface area contributed by atoms with Gasteiger partial charge in [0.25, 0.3) is 0 Å². The molecule has 0 unspecified atom stereocenters. The van der Waals surface area contributed by atoms with Gasteiger partial charge in [0.2, 0.25) is 0 Å². The molecule has 1 aromatic rings. The smallest absolute Gasteiger partial charge is 0.410 e. The lowest BCUT2D eigenvalue weighted by molar-refractivity contribution is 0.0285. The van der Waals surface area contributed by atoms with Crippen molar-refractivity contribution < 1.29 is 9.53 Å². The molecule has 0 bridgehead atoms. The monoisotopic (exact) mass is 220 g/mol. The summed E-state index contributed by atoms with van der Waals surface area (Å²) < 4.78 is 5.25. The summed E-state index contributed by atoms with van der Waals surface area (Å²) in [5, 5.41) is 0. The third-order valence-electron chi connectivity index (χ3n) is 1.91. The Bertz CT molecular complexity index is 341. The normalized spacial score (nSPS) is 11.0. The van der Waals surface area contributed by atoms with Crippen molar-refractivity contribution in [3.8, 4) is 0 Å². The second kappa shape index (κ2) is 5.01. The topological polar surface area (TPSA) is 29.5 Å². The predicted molar refractivity (Wildman–Crippen MR) is 63.0 cm³/mol. The van der Waals surface area contributed by atoms with Gasteiger partial charge in [-0.2, -0.15) is 0 Å². The average molecular weight is 220 g/mol. The van der Waals surface area contributed by atoms with Crippen LogP contribution in [0.15, 0.2) is 24.3 Å². The summed E-state index contributed by atoms with van der Waals surface area (Å²) in [7, 11) is 1.73. The molecule has 1 rings (SSSR count). The van der Waals surface area contributed by atoms with E-state index in [-0.39, 0.29) is 6.09 Å². The summed E-state index contributed by atoms with van der Waals surface area (Å²) >= 11 is 0. The molecule has 0 atom stereocenters. The molecule has 0 aliphatic carbocycles. The van der Waals surface area contributed by atoms with E-state index >= 15 is 0 Å². The Morgan fingerprint density at radius 2 is 1.94 bits per heavy atom. The Morgan fingerprint density at radius 1 is 1.38 bits per heavy atom. The van der Waals surface area contributed by atoms with Crippen LogP contribution in [0.3, 0.4) is 0 Å². The highest BCUT2D eigenvalue weighted by Gasteiger charge is 2.19. The highest BCUT2D eigenvalue weighted by molar-refractivity contribution is 5.67. The minimum Gasteiger partial charge on any atom is -0.444 e. The maximum atomic E-state index is 11.7. The Morgan fingerprint density at radius 3 is 2.44 bits per heavy atom. The number of amides is 1. The molecule has 0 aromatic heterocycles. The molecule has 16 heavy (non-hydrogen) atoms. The summed E-state index contributed by atoms with van der Waals surface area (Å²) in [5.74, 6) is 0. The van der Waals surface area contributed by atoms with Crippen LogP contribution in [-0.2, 0) is 11.3 Å². The van der Waals surface area contributed by atoms with Crippen molar-refractivity contribution in [1.82, 2.24) is 4.90 Å². The molecule has 87 valence electrons. The molecule has 0 N–H and O–H groups in total. The van der Waals surface area contributed by atoms with Gasteiger partial charge in [0, 0.05) is 13.6 Å². The van der Waals surface area contributed by atoms with Gasteiger partial charge in [-0.3, -0.25) is 0 Å². The molecule has 1 amide bonds. The van der Waals surface area contributed by atoms with Crippen LogP contribution in [0, 0.1) is 6.07 Å². The van der Waals surface area contributed by atoms with E-state index in [2.05, 4.69) is 6.07 Å². The van der Waals surface area contributed by atoms with Crippen molar-refractivity contribution >= 4 is 6.09 Å². The fourth-order valence-corrected chi connectivity index (χ4v) is 1.21. The summed E-state index contributed by atoms with van der Waals surface area (Å²) in [4.78, 5) is 13.2. The van der Waals surface area contributed by atoms with Crippen LogP contribution in [-0.4, -0.2) is 23.6 Å². The van der Waals surface area contributed by atoms with Crippen LogP contribution < -0.4 is 0 Å². The molecule has 1 aromatic carbocycles. The molecule has 0 aliphatic heterocycles. The van der Waals surface area contributed by atoms with Gasteiger partial charge in [0.1, 0.15) is 5.60 Å². The molecule has 3 heteroatoms. The largest absolute Gasteiger partial charge is 0.444 e. The zero-order valence-electron chi connectivity index (χ0n) is 10.3. The van der Waals surface area contributed by atoms with Gasteiger partial charge in [-0.15, -0.1) is 0 Å². The van der Waals surface area contributed by atoms with Gasteiger partial charge in [0.05, 0.1) is 0 Å². The lowest BCUT2D eigenvalue weighted by Gasteiger charge is -2.24. The number of nitrogens with zero attached hydrogens (tertiary/aromatic N) is 1. The van der Waals surface area contributed by atoms with Crippen LogP contribution in [0.2, 0.25) is 0 Å². The van der Waals surface area contributed by atoms with Gasteiger partial charge >= 0.3 is 6.09 Å². The Labute approximate surface area is 97.0 Å². The van der Waals surface area contributed by atoms with Crippen molar-refractivity contribution in [3.63, 3.8) is 0 Å². The van der Waals surface area contributed by atoms with Crippen molar-refractivity contribution in [2.75, 3.05) is 7.05 Å². The van der Waals surface area contributed by atoms with E-state index in [1.54, 1.807) is 11.9 Å². The van der Waals surface area contributed by atoms with Crippen molar-refractivity contribution in [1.29, 1.82) is 0 Å². The van der Waals surface area contributed by atoms with Crippen molar-refractivity contribution in [2.24, 2.45) is 0 Å². The van der Waals surface area contributed by atoms with Crippen LogP contribution in [0.4, 0.5) is 4.79 Å². The minimum atomic E-state index is -0.449. The number of carbonyl (C=O) groups excluding carboxylic acids is 1. The Balaban J connectivity index is 2.53. The Kier molecular flexibility index (Phi) is 3.93. The van der Waals surface area contributed by atoms with Crippen molar-refractivity contribution in [2.45, 2.75) is 32.9 Å². The first-order valence-corrected chi connectivity index (χ1v) is 5.27. The molecule has 0 aliphatic rings. The molecule has 0 heterocycles. The molecule has 0 fully saturated rings. The molecule has 0 saturated carbocycles. The second-order valence-electron chi connectivity index (χ2n) is 4.74. The summed E-state index contributed by atoms with van der Waals surface area (Å²) in [6.07, 6.45) is -0.305. The molecule has 0 saturated heterocycles. The van der Waals surface area contributed by atoms with E-state index in [0.29, 0.717) is 6.54 Å². The zero-order chi connectivity index (χ0) is 12.2. The van der Waals surface area contributed by atoms with E-state index in [9.17, 15) is 4.79 Å². The van der Waals surface area contributed by atoms with Crippen molar-refractivity contribution in [3.05, 3.63) is 35.9 Å². The lowest BCUT2D eigenvalue weighted by Crippen LogP contribution is -2.33. The third-order valence-corrected chi connectivity index (χ3v) is 1.91. The van der Waals surface area contributed by atoms with E-state index in [0.717, 1.165) is 5.56 Å². The predicted octanol–water partition coefficient (Wildman–Crippen LogP) is 2.85. The number of hydrogen-bond donors (Lipinski definition) is 0. The van der Waals surface area contributed by atoms with Crippen LogP contribution in [0.5, 0.6) is 0 Å². The maximum Gasteiger partial charge on any atom is 0.410 e. The maximum absolute atomic E-state index is 11.7. The quantitative estimate of drug-likeness (QED) is 0.767. The van der Waals surface area contributed by atoms with Crippen LogP contribution in [0.1, 0.15) is 26.3 Å². The first-order valence-electron chi connectivity index (χ1n) is 5.27. The Hall–Kier alpha value is -1.51. The second-order valence-corrected chi connectivity index (χ2v) is 4.74. The zero-order valence-corrected chi connectivity index (χ0v) is 10.3. The fourth-order valence-electron chi connectivity index (χ4n) is 1.21. The molecule has 3 nitrogen and oxygen atoms in total. The lowest BCUT2D eigenvalue weighted by atomic mass is 10.2. The first kappa shape index (κ1) is 12.6. The SMILES string of the molecule is CN(Cc1cc[c]cc1)C(=O)OC(C)(C)C. The number of ether oxygens (including phenoxy) is 1. The third kappa shape index (κ3) is 4.34. The molecular weight excluding hydrogens is 202 g/mol. The number of benzene rings is 1. The highest BCUT2D eigenvalue weighted by atomic mass is 16.6. The fraction of sp³-hybridized carbons (Fsp3) is 0.462. The molecule has 1 radical (unpaired) electrons. The number of rotatable bonds is 2. The minimum absolute atomic E-state index is 0.305. The summed E-state index contributed by atoms with van der Waals surface area (Å²) in [6, 6.07) is 10.5. The van der Waals surface area contributed by atoms with Gasteiger partial charge in [-0.1, -0.05) is 24.3 Å². The summed E-state index contributed by atoms with van der Waals surface area (Å²) in [6.45, 7) is 6.12. The van der Waals surface area contributed by atoms with Crippen LogP contribution >= 0.6 is 0 Å². The average Bonchev–Trinajstić information content (AvgIpc) is 2.16. The van der Waals surface area contributed by atoms with Crippen LogP contribution in [0.25, 0.3) is 0 Å².